The first-order valence-corrected chi connectivity index (χ1v) is 9.48. The van der Waals surface area contributed by atoms with Crippen molar-refractivity contribution in [1.29, 1.82) is 0 Å². The second-order valence-electron chi connectivity index (χ2n) is 7.30. The van der Waals surface area contributed by atoms with Crippen LogP contribution in [-0.4, -0.2) is 80.7 Å². The van der Waals surface area contributed by atoms with Gasteiger partial charge in [0, 0.05) is 62.4 Å². The number of halogens is 1. The smallest absolute Gasteiger partial charge is 0.191 e. The summed E-state index contributed by atoms with van der Waals surface area (Å²) in [6.07, 6.45) is 0.975. The van der Waals surface area contributed by atoms with Crippen LogP contribution in [0, 0.1) is 6.92 Å². The minimum absolute atomic E-state index is 0. The largest absolute Gasteiger partial charge is 0.358 e. The molecule has 7 heteroatoms. The second-order valence-corrected chi connectivity index (χ2v) is 7.30. The summed E-state index contributed by atoms with van der Waals surface area (Å²) in [6, 6.07) is 9.02. The van der Waals surface area contributed by atoms with E-state index in [4.69, 9.17) is 0 Å². The summed E-state index contributed by atoms with van der Waals surface area (Å²) in [5.41, 5.74) is 3.85. The van der Waals surface area contributed by atoms with E-state index in [-0.39, 0.29) is 24.0 Å². The normalized spacial score (nSPS) is 19.1. The molecule has 1 fully saturated rings. The maximum absolute atomic E-state index is 4.37. The third-order valence-electron chi connectivity index (χ3n) is 5.40. The third-order valence-corrected chi connectivity index (χ3v) is 5.40. The number of nitrogens with zero attached hydrogens (tertiary/aromatic N) is 3. The van der Waals surface area contributed by atoms with E-state index in [1.54, 1.807) is 0 Å². The molecular weight excluding hydrogens is 451 g/mol. The van der Waals surface area contributed by atoms with Gasteiger partial charge in [0.05, 0.1) is 0 Å². The highest BCUT2D eigenvalue weighted by molar-refractivity contribution is 14.0. The number of H-pyrrole nitrogens is 1. The topological polar surface area (TPSA) is 58.7 Å². The molecule has 3 N–H and O–H groups in total. The maximum Gasteiger partial charge on any atom is 0.191 e. The molecule has 1 aliphatic heterocycles. The summed E-state index contributed by atoms with van der Waals surface area (Å²) in [7, 11) is 6.23. The Bertz CT molecular complexity index is 756. The lowest BCUT2D eigenvalue weighted by atomic mass is 10.1. The van der Waals surface area contributed by atoms with Crippen LogP contribution in [0.2, 0.25) is 0 Å². The van der Waals surface area contributed by atoms with Gasteiger partial charge in [-0.15, -0.1) is 24.0 Å². The number of nitrogens with one attached hydrogen (secondary N) is 3. The Balaban J connectivity index is 0.00000261. The van der Waals surface area contributed by atoms with Crippen molar-refractivity contribution in [1.82, 2.24) is 25.4 Å². The van der Waals surface area contributed by atoms with E-state index in [1.165, 1.54) is 22.2 Å². The molecule has 150 valence electrons. The monoisotopic (exact) mass is 484 g/mol. The summed E-state index contributed by atoms with van der Waals surface area (Å²) in [5.74, 6) is 0.879. The van der Waals surface area contributed by atoms with Gasteiger partial charge in [0.1, 0.15) is 0 Å². The molecule has 1 aromatic carbocycles. The van der Waals surface area contributed by atoms with Crippen molar-refractivity contribution >= 4 is 40.8 Å². The van der Waals surface area contributed by atoms with Gasteiger partial charge in [0.25, 0.3) is 0 Å². The van der Waals surface area contributed by atoms with Crippen molar-refractivity contribution in [3.63, 3.8) is 0 Å². The van der Waals surface area contributed by atoms with Gasteiger partial charge < -0.3 is 20.5 Å². The average molecular weight is 484 g/mol. The van der Waals surface area contributed by atoms with Crippen LogP contribution in [0.1, 0.15) is 11.3 Å². The summed E-state index contributed by atoms with van der Waals surface area (Å²) in [5, 5.41) is 8.26. The van der Waals surface area contributed by atoms with E-state index in [2.05, 4.69) is 75.7 Å². The zero-order valence-electron chi connectivity index (χ0n) is 16.9. The molecule has 0 amide bonds. The highest BCUT2D eigenvalue weighted by Gasteiger charge is 2.22. The number of rotatable bonds is 5. The molecular formula is C20H33IN6. The lowest BCUT2D eigenvalue weighted by Crippen LogP contribution is -2.55. The molecule has 0 saturated carbocycles. The highest BCUT2D eigenvalue weighted by Crippen LogP contribution is 2.21. The van der Waals surface area contributed by atoms with Crippen molar-refractivity contribution < 1.29 is 0 Å². The standard InChI is InChI=1S/C20H32N6.HI/c1-15-17(18-7-5-6-8-19(18)24-15)9-10-22-20(21-2)23-13-16-14-25(3)11-12-26(16)4;/h5-8,16,24H,9-14H2,1-4H3,(H2,21,22,23);1H. The fourth-order valence-electron chi connectivity index (χ4n) is 3.72. The molecule has 1 aromatic heterocycles. The average Bonchev–Trinajstić information content (AvgIpc) is 2.96. The van der Waals surface area contributed by atoms with Gasteiger partial charge in [-0.1, -0.05) is 18.2 Å². The van der Waals surface area contributed by atoms with E-state index < -0.39 is 0 Å². The zero-order chi connectivity index (χ0) is 18.5. The number of aromatic nitrogens is 1. The van der Waals surface area contributed by atoms with E-state index in [1.807, 2.05) is 7.05 Å². The number of likely N-dealkylation sites (N-methyl/N-ethyl adjacent to an activating group) is 2. The molecule has 3 rings (SSSR count). The van der Waals surface area contributed by atoms with Crippen molar-refractivity contribution in [2.24, 2.45) is 4.99 Å². The molecule has 0 aliphatic carbocycles. The van der Waals surface area contributed by atoms with Gasteiger partial charge in [0.15, 0.2) is 5.96 Å². The van der Waals surface area contributed by atoms with Gasteiger partial charge in [-0.2, -0.15) is 0 Å². The number of aryl methyl sites for hydroxylation is 1. The quantitative estimate of drug-likeness (QED) is 0.346. The summed E-state index contributed by atoms with van der Waals surface area (Å²) < 4.78 is 0. The van der Waals surface area contributed by atoms with E-state index in [9.17, 15) is 0 Å². The Morgan fingerprint density at radius 3 is 2.78 bits per heavy atom. The first kappa shape index (κ1) is 22.0. The molecule has 2 heterocycles. The van der Waals surface area contributed by atoms with Crippen molar-refractivity contribution in [2.45, 2.75) is 19.4 Å². The number of aliphatic imine (C=N–C) groups is 1. The molecule has 27 heavy (non-hydrogen) atoms. The Kier molecular flexibility index (Phi) is 8.37. The number of benzene rings is 1. The van der Waals surface area contributed by atoms with Crippen LogP contribution in [0.5, 0.6) is 0 Å². The molecule has 6 nitrogen and oxygen atoms in total. The number of guanidine groups is 1. The van der Waals surface area contributed by atoms with Gasteiger partial charge >= 0.3 is 0 Å². The molecule has 0 radical (unpaired) electrons. The van der Waals surface area contributed by atoms with Gasteiger partial charge in [-0.3, -0.25) is 9.89 Å². The molecule has 1 saturated heterocycles. The van der Waals surface area contributed by atoms with Crippen molar-refractivity contribution in [3.8, 4) is 0 Å². The Labute approximate surface area is 179 Å². The van der Waals surface area contributed by atoms with E-state index in [0.29, 0.717) is 6.04 Å². The fourth-order valence-corrected chi connectivity index (χ4v) is 3.72. The van der Waals surface area contributed by atoms with Crippen LogP contribution in [0.4, 0.5) is 0 Å². The molecule has 0 spiro atoms. The molecule has 1 atom stereocenters. The van der Waals surface area contributed by atoms with Gasteiger partial charge in [-0.25, -0.2) is 0 Å². The zero-order valence-corrected chi connectivity index (χ0v) is 19.2. The Morgan fingerprint density at radius 2 is 2.00 bits per heavy atom. The number of hydrogen-bond acceptors (Lipinski definition) is 3. The van der Waals surface area contributed by atoms with Crippen molar-refractivity contribution in [3.05, 3.63) is 35.5 Å². The number of hydrogen-bond donors (Lipinski definition) is 3. The number of piperazine rings is 1. The summed E-state index contributed by atoms with van der Waals surface area (Å²) >= 11 is 0. The fraction of sp³-hybridized carbons (Fsp3) is 0.550. The Morgan fingerprint density at radius 1 is 1.22 bits per heavy atom. The first-order chi connectivity index (χ1) is 12.6. The van der Waals surface area contributed by atoms with Crippen LogP contribution in [0.25, 0.3) is 10.9 Å². The van der Waals surface area contributed by atoms with Crippen LogP contribution in [0.15, 0.2) is 29.3 Å². The number of aromatic amines is 1. The van der Waals surface area contributed by atoms with E-state index >= 15 is 0 Å². The van der Waals surface area contributed by atoms with E-state index in [0.717, 1.165) is 45.1 Å². The predicted molar refractivity (Wildman–Crippen MR) is 125 cm³/mol. The number of fused-ring (bicyclic) bond motifs is 1. The van der Waals surface area contributed by atoms with Gasteiger partial charge in [0.2, 0.25) is 0 Å². The lowest BCUT2D eigenvalue weighted by molar-refractivity contribution is 0.116. The summed E-state index contributed by atoms with van der Waals surface area (Å²) in [6.45, 7) is 7.28. The molecule has 2 aromatic rings. The maximum atomic E-state index is 4.37. The molecule has 0 bridgehead atoms. The van der Waals surface area contributed by atoms with Crippen LogP contribution in [-0.2, 0) is 6.42 Å². The minimum Gasteiger partial charge on any atom is -0.358 e. The number of para-hydroxylation sites is 1. The predicted octanol–water partition coefficient (Wildman–Crippen LogP) is 2.05. The van der Waals surface area contributed by atoms with Crippen molar-refractivity contribution in [2.75, 3.05) is 53.9 Å². The minimum atomic E-state index is 0. The third kappa shape index (κ3) is 5.58. The second kappa shape index (κ2) is 10.3. The molecule has 1 aliphatic rings. The molecule has 1 unspecified atom stereocenters. The Hall–Kier alpha value is -1.32. The van der Waals surface area contributed by atoms with Crippen LogP contribution < -0.4 is 10.6 Å². The SMILES string of the molecule is CN=C(NCCc1c(C)[nH]c2ccccc12)NCC1CN(C)CCN1C.I. The highest BCUT2D eigenvalue weighted by atomic mass is 127. The lowest BCUT2D eigenvalue weighted by Gasteiger charge is -2.37. The van der Waals surface area contributed by atoms with Crippen LogP contribution >= 0.6 is 24.0 Å². The van der Waals surface area contributed by atoms with Crippen LogP contribution in [0.3, 0.4) is 0 Å². The van der Waals surface area contributed by atoms with Gasteiger partial charge in [-0.05, 0) is 39.1 Å². The summed E-state index contributed by atoms with van der Waals surface area (Å²) in [4.78, 5) is 12.7. The first-order valence-electron chi connectivity index (χ1n) is 9.48.